The zero-order valence-corrected chi connectivity index (χ0v) is 13.2. The molecule has 0 amide bonds. The highest BCUT2D eigenvalue weighted by Crippen LogP contribution is 2.38. The Morgan fingerprint density at radius 2 is 2.32 bits per heavy atom. The molecular weight excluding hydrogens is 298 g/mol. The van der Waals surface area contributed by atoms with Crippen molar-refractivity contribution in [3.63, 3.8) is 0 Å². The summed E-state index contributed by atoms with van der Waals surface area (Å²) >= 11 is 9.24. The Kier molecular flexibility index (Phi) is 4.17. The average Bonchev–Trinajstić information content (AvgIpc) is 3.02. The lowest BCUT2D eigenvalue weighted by molar-refractivity contribution is 0.454. The number of thiazole rings is 2. The molecule has 2 aromatic heterocycles. The van der Waals surface area contributed by atoms with E-state index >= 15 is 0 Å². The van der Waals surface area contributed by atoms with Gasteiger partial charge in [0.05, 0.1) is 17.9 Å². The topological polar surface area (TPSA) is 37.8 Å². The third-order valence-electron chi connectivity index (χ3n) is 3.26. The summed E-state index contributed by atoms with van der Waals surface area (Å²) in [6.45, 7) is 3.25. The standard InChI is InChI=1S/C13H16ClN3S2/c1-2-6-15-8-4-3-5-9-11(8)17-13(18-9)12-16-7-10(14)19-12/h7-8,15H,2-6H2,1H3. The lowest BCUT2D eigenvalue weighted by Gasteiger charge is -2.21. The minimum Gasteiger partial charge on any atom is -0.309 e. The Bertz CT molecular complexity index is 564. The molecule has 0 saturated carbocycles. The van der Waals surface area contributed by atoms with Gasteiger partial charge >= 0.3 is 0 Å². The molecule has 2 aromatic rings. The van der Waals surface area contributed by atoms with Gasteiger partial charge in [-0.15, -0.1) is 11.3 Å². The van der Waals surface area contributed by atoms with Gasteiger partial charge in [0, 0.05) is 4.88 Å². The molecule has 0 aliphatic heterocycles. The zero-order valence-electron chi connectivity index (χ0n) is 10.8. The Balaban J connectivity index is 1.88. The van der Waals surface area contributed by atoms with E-state index in [9.17, 15) is 0 Å². The molecule has 19 heavy (non-hydrogen) atoms. The van der Waals surface area contributed by atoms with Crippen LogP contribution in [0.5, 0.6) is 0 Å². The van der Waals surface area contributed by atoms with Gasteiger partial charge in [-0.05, 0) is 32.2 Å². The molecule has 0 spiro atoms. The molecule has 0 radical (unpaired) electrons. The molecule has 3 rings (SSSR count). The van der Waals surface area contributed by atoms with Crippen LogP contribution in [0.15, 0.2) is 6.20 Å². The van der Waals surface area contributed by atoms with Crippen LogP contribution in [0, 0.1) is 0 Å². The van der Waals surface area contributed by atoms with Crippen LogP contribution >= 0.6 is 34.3 Å². The molecule has 2 heterocycles. The fraction of sp³-hybridized carbons (Fsp3) is 0.538. The summed E-state index contributed by atoms with van der Waals surface area (Å²) in [6.07, 6.45) is 6.44. The first-order chi connectivity index (χ1) is 9.28. The van der Waals surface area contributed by atoms with E-state index < -0.39 is 0 Å². The van der Waals surface area contributed by atoms with E-state index in [1.165, 1.54) is 34.7 Å². The molecule has 6 heteroatoms. The van der Waals surface area contributed by atoms with Gasteiger partial charge in [0.15, 0.2) is 10.0 Å². The summed E-state index contributed by atoms with van der Waals surface area (Å²) in [4.78, 5) is 10.6. The molecule has 0 aromatic carbocycles. The Morgan fingerprint density at radius 1 is 1.42 bits per heavy atom. The van der Waals surface area contributed by atoms with Crippen LogP contribution in [0.1, 0.15) is 42.8 Å². The fourth-order valence-electron chi connectivity index (χ4n) is 2.38. The van der Waals surface area contributed by atoms with Crippen molar-refractivity contribution in [1.29, 1.82) is 0 Å². The van der Waals surface area contributed by atoms with Gasteiger partial charge in [0.1, 0.15) is 4.34 Å². The quantitative estimate of drug-likeness (QED) is 0.914. The van der Waals surface area contributed by atoms with Gasteiger partial charge in [-0.3, -0.25) is 0 Å². The second kappa shape index (κ2) is 5.87. The third-order valence-corrected chi connectivity index (χ3v) is 5.64. The summed E-state index contributed by atoms with van der Waals surface area (Å²) in [5.74, 6) is 0. The number of aryl methyl sites for hydroxylation is 1. The van der Waals surface area contributed by atoms with Crippen molar-refractivity contribution in [2.75, 3.05) is 6.54 Å². The SMILES string of the molecule is CCCNC1CCCc2sc(-c3ncc(Cl)s3)nc21. The van der Waals surface area contributed by atoms with Crippen LogP contribution in [-0.4, -0.2) is 16.5 Å². The maximum absolute atomic E-state index is 5.95. The Hall–Kier alpha value is -0.490. The molecule has 1 aliphatic rings. The van der Waals surface area contributed by atoms with Crippen molar-refractivity contribution in [2.24, 2.45) is 0 Å². The molecule has 0 bridgehead atoms. The summed E-state index contributed by atoms with van der Waals surface area (Å²) in [7, 11) is 0. The molecule has 3 nitrogen and oxygen atoms in total. The maximum atomic E-state index is 5.95. The largest absolute Gasteiger partial charge is 0.309 e. The number of fused-ring (bicyclic) bond motifs is 1. The van der Waals surface area contributed by atoms with E-state index in [0.717, 1.165) is 33.7 Å². The van der Waals surface area contributed by atoms with Crippen molar-refractivity contribution >= 4 is 34.3 Å². The van der Waals surface area contributed by atoms with Gasteiger partial charge in [-0.25, -0.2) is 9.97 Å². The second-order valence-electron chi connectivity index (χ2n) is 4.70. The molecule has 0 saturated heterocycles. The summed E-state index contributed by atoms with van der Waals surface area (Å²) < 4.78 is 0.726. The Labute approximate surface area is 126 Å². The summed E-state index contributed by atoms with van der Waals surface area (Å²) in [5.41, 5.74) is 1.24. The van der Waals surface area contributed by atoms with E-state index in [2.05, 4.69) is 17.2 Å². The Morgan fingerprint density at radius 3 is 3.05 bits per heavy atom. The number of rotatable bonds is 4. The van der Waals surface area contributed by atoms with Crippen LogP contribution in [0.4, 0.5) is 0 Å². The number of hydrogen-bond acceptors (Lipinski definition) is 5. The maximum Gasteiger partial charge on any atom is 0.153 e. The van der Waals surface area contributed by atoms with Gasteiger partial charge < -0.3 is 5.32 Å². The van der Waals surface area contributed by atoms with Crippen LogP contribution in [-0.2, 0) is 6.42 Å². The first kappa shape index (κ1) is 13.5. The summed E-state index contributed by atoms with van der Waals surface area (Å²) in [6, 6.07) is 0.420. The van der Waals surface area contributed by atoms with Crippen molar-refractivity contribution in [3.05, 3.63) is 21.1 Å². The highest BCUT2D eigenvalue weighted by Gasteiger charge is 2.25. The third kappa shape index (κ3) is 2.84. The van der Waals surface area contributed by atoms with Crippen LogP contribution < -0.4 is 5.32 Å². The van der Waals surface area contributed by atoms with Crippen LogP contribution in [0.2, 0.25) is 4.34 Å². The molecule has 102 valence electrons. The zero-order chi connectivity index (χ0) is 13.2. The molecule has 1 aliphatic carbocycles. The van der Waals surface area contributed by atoms with E-state index in [4.69, 9.17) is 16.6 Å². The number of aromatic nitrogens is 2. The van der Waals surface area contributed by atoms with E-state index in [1.54, 1.807) is 17.5 Å². The van der Waals surface area contributed by atoms with Gasteiger partial charge in [0.25, 0.3) is 0 Å². The van der Waals surface area contributed by atoms with Crippen LogP contribution in [0.25, 0.3) is 10.0 Å². The minimum atomic E-state index is 0.420. The van der Waals surface area contributed by atoms with Crippen molar-refractivity contribution < 1.29 is 0 Å². The first-order valence-electron chi connectivity index (χ1n) is 6.62. The van der Waals surface area contributed by atoms with Crippen molar-refractivity contribution in [1.82, 2.24) is 15.3 Å². The fourth-order valence-corrected chi connectivity index (χ4v) is 4.48. The lowest BCUT2D eigenvalue weighted by Crippen LogP contribution is -2.25. The van der Waals surface area contributed by atoms with E-state index in [-0.39, 0.29) is 0 Å². The van der Waals surface area contributed by atoms with Gasteiger partial charge in [-0.2, -0.15) is 0 Å². The van der Waals surface area contributed by atoms with Crippen molar-refractivity contribution in [2.45, 2.75) is 38.6 Å². The summed E-state index contributed by atoms with van der Waals surface area (Å²) in [5, 5.41) is 5.56. The van der Waals surface area contributed by atoms with Gasteiger partial charge in [0.2, 0.25) is 0 Å². The normalized spacial score (nSPS) is 18.5. The molecule has 1 unspecified atom stereocenters. The first-order valence-corrected chi connectivity index (χ1v) is 8.63. The molecule has 0 fully saturated rings. The lowest BCUT2D eigenvalue weighted by atomic mass is 9.97. The average molecular weight is 314 g/mol. The number of nitrogens with zero attached hydrogens (tertiary/aromatic N) is 2. The minimum absolute atomic E-state index is 0.420. The van der Waals surface area contributed by atoms with E-state index in [0.29, 0.717) is 6.04 Å². The smallest absolute Gasteiger partial charge is 0.153 e. The number of halogens is 1. The molecule has 1 atom stereocenters. The second-order valence-corrected chi connectivity index (χ2v) is 7.44. The molecule has 1 N–H and O–H groups in total. The predicted molar refractivity (Wildman–Crippen MR) is 82.2 cm³/mol. The molecular formula is C13H16ClN3S2. The highest BCUT2D eigenvalue weighted by molar-refractivity contribution is 7.23. The number of hydrogen-bond donors (Lipinski definition) is 1. The van der Waals surface area contributed by atoms with Gasteiger partial charge in [-0.1, -0.05) is 29.9 Å². The highest BCUT2D eigenvalue weighted by atomic mass is 35.5. The monoisotopic (exact) mass is 313 g/mol. The van der Waals surface area contributed by atoms with Crippen molar-refractivity contribution in [3.8, 4) is 10.0 Å². The van der Waals surface area contributed by atoms with E-state index in [1.807, 2.05) is 0 Å². The number of nitrogens with one attached hydrogen (secondary N) is 1. The predicted octanol–water partition coefficient (Wildman–Crippen LogP) is 4.30. The van der Waals surface area contributed by atoms with Crippen LogP contribution in [0.3, 0.4) is 0 Å².